The van der Waals surface area contributed by atoms with Crippen LogP contribution in [0.4, 0.5) is 21.7 Å². The Bertz CT molecular complexity index is 2040. The lowest BCUT2D eigenvalue weighted by Crippen LogP contribution is -2.56. The van der Waals surface area contributed by atoms with E-state index in [-0.39, 0.29) is 23.0 Å². The molecule has 1 amide bonds. The van der Waals surface area contributed by atoms with E-state index in [1.807, 2.05) is 38.1 Å². The van der Waals surface area contributed by atoms with Crippen molar-refractivity contribution in [2.24, 2.45) is 0 Å². The van der Waals surface area contributed by atoms with Gasteiger partial charge in [-0.1, -0.05) is 6.08 Å². The molecule has 238 valence electrons. The monoisotopic (exact) mass is 634 g/mol. The Balaban J connectivity index is 1.12. The molecule has 2 bridgehead atoms. The van der Waals surface area contributed by atoms with Gasteiger partial charge in [-0.25, -0.2) is 28.8 Å². The number of hydrogen-bond acceptors (Lipinski definition) is 11. The molecule has 0 saturated carbocycles. The van der Waals surface area contributed by atoms with Gasteiger partial charge < -0.3 is 29.5 Å². The lowest BCUT2D eigenvalue weighted by atomic mass is 9.61. The van der Waals surface area contributed by atoms with Crippen LogP contribution in [0.2, 0.25) is 0 Å². The molecule has 2 aliphatic rings. The molecule has 1 atom stereocenters. The zero-order chi connectivity index (χ0) is 32.9. The van der Waals surface area contributed by atoms with E-state index in [1.54, 1.807) is 35.0 Å². The van der Waals surface area contributed by atoms with Crippen molar-refractivity contribution in [3.8, 4) is 17.2 Å². The first-order valence-electron chi connectivity index (χ1n) is 15.3. The van der Waals surface area contributed by atoms with E-state index in [4.69, 9.17) is 14.5 Å². The van der Waals surface area contributed by atoms with Crippen molar-refractivity contribution < 1.29 is 18.7 Å². The fourth-order valence-electron chi connectivity index (χ4n) is 5.55. The molecule has 7 rings (SSSR count). The van der Waals surface area contributed by atoms with Crippen molar-refractivity contribution in [3.63, 3.8) is 0 Å². The van der Waals surface area contributed by atoms with E-state index < -0.39 is 5.82 Å². The maximum absolute atomic E-state index is 15.5. The Morgan fingerprint density at radius 1 is 1.17 bits per heavy atom. The van der Waals surface area contributed by atoms with Crippen molar-refractivity contribution in [3.05, 3.63) is 72.7 Å². The summed E-state index contributed by atoms with van der Waals surface area (Å²) in [7, 11) is 8.09. The predicted molar refractivity (Wildman–Crippen MR) is 181 cm³/mol. The number of benzene rings is 1. The topological polar surface area (TPSA) is 126 Å². The van der Waals surface area contributed by atoms with Crippen molar-refractivity contribution in [1.29, 1.82) is 0 Å². The highest BCUT2D eigenvalue weighted by molar-refractivity contribution is 6.41. The van der Waals surface area contributed by atoms with E-state index in [2.05, 4.69) is 50.9 Å². The maximum atomic E-state index is 15.5. The molecule has 16 heteroatoms. The van der Waals surface area contributed by atoms with Gasteiger partial charge in [0.1, 0.15) is 57.8 Å². The highest BCUT2D eigenvalue weighted by atomic mass is 19.1. The molecular weight excluding hydrogens is 601 g/mol. The third-order valence-electron chi connectivity index (χ3n) is 8.84. The van der Waals surface area contributed by atoms with Gasteiger partial charge >= 0.3 is 0 Å². The second-order valence-electron chi connectivity index (χ2n) is 12.5. The number of hydrogen-bond donors (Lipinski definition) is 1. The number of piperazine rings is 1. The number of likely N-dealkylation sites (N-methyl/N-ethyl adjacent to an activating group) is 1. The van der Waals surface area contributed by atoms with Gasteiger partial charge in [-0.3, -0.25) is 4.79 Å². The van der Waals surface area contributed by atoms with Gasteiger partial charge in [0.05, 0.1) is 17.2 Å². The van der Waals surface area contributed by atoms with Gasteiger partial charge in [-0.05, 0) is 50.1 Å². The lowest BCUT2D eigenvalue weighted by Gasteiger charge is -2.39. The molecule has 1 aromatic carbocycles. The average molecular weight is 634 g/mol. The summed E-state index contributed by atoms with van der Waals surface area (Å²) >= 11 is 0. The second kappa shape index (κ2) is 11.8. The number of nitrogens with zero attached hydrogens (tertiary/aromatic N) is 9. The minimum atomic E-state index is -0.523. The molecule has 1 saturated heterocycles. The van der Waals surface area contributed by atoms with Gasteiger partial charge in [0, 0.05) is 44.0 Å². The maximum Gasteiger partial charge on any atom is 0.246 e. The highest BCUT2D eigenvalue weighted by Crippen LogP contribution is 2.37. The zero-order valence-corrected chi connectivity index (χ0v) is 26.8. The first-order chi connectivity index (χ1) is 22.6. The summed E-state index contributed by atoms with van der Waals surface area (Å²) in [4.78, 5) is 37.2. The summed E-state index contributed by atoms with van der Waals surface area (Å²) in [5.74, 6) is 1.89. The molecule has 5 aromatic rings. The van der Waals surface area contributed by atoms with Crippen molar-refractivity contribution >= 4 is 55.6 Å². The SMILES string of the molecule is BC(B)(/C=C/C(=O)N1CCN2C[C@@H]1COc1cc3ncnc(Nc4cc(C)c(Oc5ccn6ncnc6c5)cc4F)c3nc12)N(C)C. The van der Waals surface area contributed by atoms with Crippen LogP contribution < -0.4 is 19.7 Å². The van der Waals surface area contributed by atoms with Crippen LogP contribution in [0, 0.1) is 12.7 Å². The summed E-state index contributed by atoms with van der Waals surface area (Å²) in [6.07, 6.45) is 8.17. The van der Waals surface area contributed by atoms with Gasteiger partial charge in [0.2, 0.25) is 5.91 Å². The van der Waals surface area contributed by atoms with E-state index in [0.29, 0.717) is 77.4 Å². The number of halogens is 1. The molecule has 6 heterocycles. The number of ether oxygens (including phenoxy) is 2. The third kappa shape index (κ3) is 5.91. The Hall–Kier alpha value is -5.24. The Morgan fingerprint density at radius 3 is 2.85 bits per heavy atom. The first kappa shape index (κ1) is 30.4. The standard InChI is InChI=1S/C31H33B2FN10O3/c1-18-10-22(21(34)12-24(18)47-20-5-7-44-26(11-20)36-17-38-44)39-29-28-23(35-16-37-29)13-25-30(40-28)42-8-9-43(19(14-42)15-46-25)27(45)4-6-31(32,33)41(2)3/h4-7,10-13,16-17,19H,8-9,14-15,32-33H2,1-3H3,(H,35,37,39)/b6-4+/t19-/m1/s1. The van der Waals surface area contributed by atoms with Crippen molar-refractivity contribution in [1.82, 2.24) is 39.3 Å². The van der Waals surface area contributed by atoms with Crippen LogP contribution in [-0.2, 0) is 4.79 Å². The summed E-state index contributed by atoms with van der Waals surface area (Å²) < 4.78 is 29.3. The van der Waals surface area contributed by atoms with E-state index >= 15 is 4.39 Å². The smallest absolute Gasteiger partial charge is 0.246 e. The fourth-order valence-corrected chi connectivity index (χ4v) is 5.55. The summed E-state index contributed by atoms with van der Waals surface area (Å²) in [5.41, 5.74) is 2.56. The number of aryl methyl sites for hydroxylation is 1. The van der Waals surface area contributed by atoms with Crippen LogP contribution in [0.25, 0.3) is 16.7 Å². The number of carbonyl (C=O) groups excluding carboxylic acids is 1. The number of aromatic nitrogens is 6. The van der Waals surface area contributed by atoms with E-state index in [1.165, 1.54) is 18.7 Å². The second-order valence-corrected chi connectivity index (χ2v) is 12.5. The molecule has 0 aliphatic carbocycles. The highest BCUT2D eigenvalue weighted by Gasteiger charge is 2.35. The van der Waals surface area contributed by atoms with Crippen LogP contribution in [0.1, 0.15) is 5.56 Å². The molecule has 1 fully saturated rings. The molecule has 0 radical (unpaired) electrons. The Labute approximate surface area is 272 Å². The molecule has 2 aliphatic heterocycles. The number of nitrogens with one attached hydrogen (secondary N) is 1. The zero-order valence-electron chi connectivity index (χ0n) is 26.8. The number of amides is 1. The molecular formula is C31H33B2FN10O3. The number of carbonyl (C=O) groups is 1. The normalized spacial score (nSPS) is 16.4. The predicted octanol–water partition coefficient (Wildman–Crippen LogP) is 1.50. The van der Waals surface area contributed by atoms with Gasteiger partial charge in [0.25, 0.3) is 0 Å². The molecule has 0 unspecified atom stereocenters. The largest absolute Gasteiger partial charge is 0.487 e. The summed E-state index contributed by atoms with van der Waals surface area (Å²) in [6, 6.07) is 8.13. The van der Waals surface area contributed by atoms with Crippen LogP contribution in [-0.4, -0.2) is 113 Å². The van der Waals surface area contributed by atoms with Crippen molar-refractivity contribution in [2.45, 2.75) is 18.3 Å². The molecule has 0 spiro atoms. The van der Waals surface area contributed by atoms with Crippen molar-refractivity contribution in [2.75, 3.05) is 50.6 Å². The minimum Gasteiger partial charge on any atom is -0.487 e. The number of pyridine rings is 2. The van der Waals surface area contributed by atoms with E-state index in [0.717, 1.165) is 0 Å². The van der Waals surface area contributed by atoms with Crippen LogP contribution in [0.3, 0.4) is 0 Å². The summed E-state index contributed by atoms with van der Waals surface area (Å²) in [6.45, 7) is 3.84. The molecule has 1 N–H and O–H groups in total. The summed E-state index contributed by atoms with van der Waals surface area (Å²) in [5, 5.41) is 6.94. The molecule has 4 aromatic heterocycles. The molecule has 13 nitrogen and oxygen atoms in total. The first-order valence-corrected chi connectivity index (χ1v) is 15.3. The fraction of sp³-hybridized carbons (Fsp3) is 0.290. The van der Waals surface area contributed by atoms with Crippen LogP contribution >= 0.6 is 0 Å². The minimum absolute atomic E-state index is 0.0419. The van der Waals surface area contributed by atoms with Crippen LogP contribution in [0.5, 0.6) is 17.2 Å². The number of anilines is 3. The Kier molecular flexibility index (Phi) is 7.66. The van der Waals surface area contributed by atoms with Gasteiger partial charge in [-0.15, -0.1) is 0 Å². The van der Waals surface area contributed by atoms with Crippen LogP contribution in [0.15, 0.2) is 61.3 Å². The van der Waals surface area contributed by atoms with Gasteiger partial charge in [-0.2, -0.15) is 5.10 Å². The quantitative estimate of drug-likeness (QED) is 0.207. The lowest BCUT2D eigenvalue weighted by molar-refractivity contribution is -0.129. The Morgan fingerprint density at radius 2 is 2.02 bits per heavy atom. The average Bonchev–Trinajstić information content (AvgIpc) is 3.47. The third-order valence-corrected chi connectivity index (χ3v) is 8.84. The number of rotatable bonds is 7. The number of fused-ring (bicyclic) bond motifs is 6. The molecule has 47 heavy (non-hydrogen) atoms. The van der Waals surface area contributed by atoms with Gasteiger partial charge in [0.15, 0.2) is 23.0 Å². The van der Waals surface area contributed by atoms with E-state index in [9.17, 15) is 4.79 Å².